The average molecular weight is 461 g/mol. The summed E-state index contributed by atoms with van der Waals surface area (Å²) in [6.45, 7) is 6.46. The Kier molecular flexibility index (Phi) is 5.39. The lowest BCUT2D eigenvalue weighted by atomic mass is 10.1. The van der Waals surface area contributed by atoms with Gasteiger partial charge >= 0.3 is 0 Å². The van der Waals surface area contributed by atoms with Gasteiger partial charge < -0.3 is 20.3 Å². The Morgan fingerprint density at radius 3 is 2.82 bits per heavy atom. The second-order valence-electron chi connectivity index (χ2n) is 8.92. The molecule has 2 fully saturated rings. The highest BCUT2D eigenvalue weighted by Gasteiger charge is 2.26. The van der Waals surface area contributed by atoms with Gasteiger partial charge in [0, 0.05) is 36.3 Å². The number of nitrogens with zero attached hydrogens (tertiary/aromatic N) is 5. The van der Waals surface area contributed by atoms with E-state index in [9.17, 15) is 4.79 Å². The van der Waals surface area contributed by atoms with Gasteiger partial charge in [-0.2, -0.15) is 5.10 Å². The van der Waals surface area contributed by atoms with Crippen LogP contribution in [-0.4, -0.2) is 75.9 Å². The molecule has 0 saturated carbocycles. The van der Waals surface area contributed by atoms with Crippen LogP contribution in [-0.2, 0) is 4.74 Å². The summed E-state index contributed by atoms with van der Waals surface area (Å²) in [6, 6.07) is 6.18. The van der Waals surface area contributed by atoms with E-state index in [0.717, 1.165) is 67.0 Å². The number of aryl methyl sites for hydroxylation is 1. The zero-order valence-corrected chi connectivity index (χ0v) is 19.2. The van der Waals surface area contributed by atoms with E-state index in [2.05, 4.69) is 25.7 Å². The van der Waals surface area contributed by atoms with Crippen LogP contribution >= 0.6 is 0 Å². The molecule has 6 rings (SSSR count). The number of aromatic amines is 1. The van der Waals surface area contributed by atoms with Crippen molar-refractivity contribution in [2.24, 2.45) is 0 Å². The number of nitrogens with one attached hydrogen (secondary N) is 3. The van der Waals surface area contributed by atoms with E-state index in [0.29, 0.717) is 30.2 Å². The zero-order chi connectivity index (χ0) is 23.1. The number of ether oxygens (including phenoxy) is 1. The number of hydrogen-bond donors (Lipinski definition) is 3. The van der Waals surface area contributed by atoms with Crippen LogP contribution in [0, 0.1) is 6.92 Å². The predicted octanol–water partition coefficient (Wildman–Crippen LogP) is 1.90. The number of H-pyrrole nitrogens is 1. The third kappa shape index (κ3) is 3.68. The van der Waals surface area contributed by atoms with Gasteiger partial charge in [-0.3, -0.25) is 14.3 Å². The summed E-state index contributed by atoms with van der Waals surface area (Å²) in [6.07, 6.45) is 5.60. The monoisotopic (exact) mass is 460 g/mol. The quantitative estimate of drug-likeness (QED) is 0.426. The van der Waals surface area contributed by atoms with Crippen molar-refractivity contribution in [3.05, 3.63) is 42.0 Å². The van der Waals surface area contributed by atoms with Gasteiger partial charge in [0.2, 0.25) is 0 Å². The molecule has 3 N–H and O–H groups in total. The van der Waals surface area contributed by atoms with E-state index in [4.69, 9.17) is 14.7 Å². The topological polar surface area (TPSA) is 112 Å². The van der Waals surface area contributed by atoms with Crippen molar-refractivity contribution in [2.45, 2.75) is 25.8 Å². The van der Waals surface area contributed by atoms with E-state index < -0.39 is 0 Å². The van der Waals surface area contributed by atoms with E-state index >= 15 is 0 Å². The summed E-state index contributed by atoms with van der Waals surface area (Å²) in [5.41, 5.74) is 4.62. The van der Waals surface area contributed by atoms with E-state index in [1.807, 2.05) is 41.9 Å². The van der Waals surface area contributed by atoms with Crippen LogP contribution in [0.15, 0.2) is 30.6 Å². The fourth-order valence-corrected chi connectivity index (χ4v) is 4.95. The van der Waals surface area contributed by atoms with Crippen LogP contribution in [0.1, 0.15) is 29.0 Å². The Morgan fingerprint density at radius 2 is 2.00 bits per heavy atom. The number of carbonyl (C=O) groups is 1. The van der Waals surface area contributed by atoms with Crippen LogP contribution in [0.25, 0.3) is 27.8 Å². The largest absolute Gasteiger partial charge is 0.378 e. The third-order valence-electron chi connectivity index (χ3n) is 6.72. The maximum atomic E-state index is 13.5. The minimum absolute atomic E-state index is 0.0940. The normalized spacial score (nSPS) is 17.5. The van der Waals surface area contributed by atoms with Gasteiger partial charge in [0.15, 0.2) is 11.5 Å². The number of piperidine rings is 1. The molecule has 0 atom stereocenters. The first-order chi connectivity index (χ1) is 16.7. The summed E-state index contributed by atoms with van der Waals surface area (Å²) in [7, 11) is 0. The Morgan fingerprint density at radius 1 is 1.18 bits per heavy atom. The van der Waals surface area contributed by atoms with Crippen LogP contribution in [0.2, 0.25) is 0 Å². The number of amides is 1. The van der Waals surface area contributed by atoms with E-state index in [1.165, 1.54) is 0 Å². The molecule has 2 aliphatic heterocycles. The lowest BCUT2D eigenvalue weighted by molar-refractivity contribution is 0.0923. The molecule has 10 heteroatoms. The van der Waals surface area contributed by atoms with Crippen molar-refractivity contribution in [3.8, 4) is 11.3 Å². The van der Waals surface area contributed by atoms with Crippen molar-refractivity contribution in [3.63, 3.8) is 0 Å². The van der Waals surface area contributed by atoms with Crippen LogP contribution in [0.3, 0.4) is 0 Å². The first-order valence-electron chi connectivity index (χ1n) is 11.9. The van der Waals surface area contributed by atoms with Gasteiger partial charge in [0.1, 0.15) is 5.69 Å². The van der Waals surface area contributed by atoms with Gasteiger partial charge in [-0.15, -0.1) is 0 Å². The average Bonchev–Trinajstić information content (AvgIpc) is 3.48. The summed E-state index contributed by atoms with van der Waals surface area (Å²) >= 11 is 0. The molecule has 176 valence electrons. The number of benzene rings is 1. The number of anilines is 1. The number of imidazole rings is 1. The number of hydrogen-bond acceptors (Lipinski definition) is 7. The maximum Gasteiger partial charge on any atom is 0.270 e. The molecule has 10 nitrogen and oxygen atoms in total. The molecule has 3 aromatic heterocycles. The molecule has 0 aliphatic carbocycles. The lowest BCUT2D eigenvalue weighted by Crippen LogP contribution is -2.43. The highest BCUT2D eigenvalue weighted by molar-refractivity contribution is 5.97. The molecule has 1 amide bonds. The number of morpholine rings is 1. The number of fused-ring (bicyclic) bond motifs is 2. The van der Waals surface area contributed by atoms with Crippen molar-refractivity contribution in [1.82, 2.24) is 35.2 Å². The van der Waals surface area contributed by atoms with Gasteiger partial charge in [0.05, 0.1) is 36.3 Å². The summed E-state index contributed by atoms with van der Waals surface area (Å²) in [5.74, 6) is 0.675. The predicted molar refractivity (Wildman–Crippen MR) is 129 cm³/mol. The van der Waals surface area contributed by atoms with Crippen LogP contribution in [0.5, 0.6) is 0 Å². The fraction of sp³-hybridized carbons (Fsp3) is 0.417. The zero-order valence-electron chi connectivity index (χ0n) is 19.2. The molecule has 2 aliphatic rings. The van der Waals surface area contributed by atoms with E-state index in [1.54, 1.807) is 0 Å². The standard InChI is InChI=1S/C24H28N8O2/c1-15-21(24(33)28-16-5-7-25-8-6-16)32-14-20(17-3-2-4-19-18(17)13-26-30-19)29-22(23(32)27-15)31-9-11-34-12-10-31/h2-4,13-14,16,25H,5-12H2,1H3,(H,26,30)(H,28,33). The molecule has 4 aromatic rings. The van der Waals surface area contributed by atoms with Crippen LogP contribution < -0.4 is 15.5 Å². The molecule has 0 spiro atoms. The molecule has 2 saturated heterocycles. The molecule has 1 aromatic carbocycles. The maximum absolute atomic E-state index is 13.5. The molecule has 0 radical (unpaired) electrons. The van der Waals surface area contributed by atoms with Crippen molar-refractivity contribution >= 4 is 28.3 Å². The molecule has 34 heavy (non-hydrogen) atoms. The SMILES string of the molecule is Cc1nc2c(N3CCOCC3)nc(-c3cccc4[nH]ncc34)cn2c1C(=O)NC1CCNCC1. The second-order valence-corrected chi connectivity index (χ2v) is 8.92. The third-order valence-corrected chi connectivity index (χ3v) is 6.72. The molecular weight excluding hydrogens is 432 g/mol. The summed E-state index contributed by atoms with van der Waals surface area (Å²) < 4.78 is 7.48. The number of aromatic nitrogens is 5. The minimum Gasteiger partial charge on any atom is -0.378 e. The highest BCUT2D eigenvalue weighted by Crippen LogP contribution is 2.31. The highest BCUT2D eigenvalue weighted by atomic mass is 16.5. The molecule has 5 heterocycles. The number of carbonyl (C=O) groups excluding carboxylic acids is 1. The van der Waals surface area contributed by atoms with Crippen LogP contribution in [0.4, 0.5) is 5.82 Å². The first kappa shape index (κ1) is 21.1. The first-order valence-corrected chi connectivity index (χ1v) is 11.9. The van der Waals surface area contributed by atoms with Gasteiger partial charge in [-0.1, -0.05) is 12.1 Å². The Labute approximate surface area is 196 Å². The lowest BCUT2D eigenvalue weighted by Gasteiger charge is -2.28. The number of rotatable bonds is 4. The Hall–Kier alpha value is -3.50. The Balaban J connectivity index is 1.51. The molecule has 0 unspecified atom stereocenters. The van der Waals surface area contributed by atoms with Crippen molar-refractivity contribution < 1.29 is 9.53 Å². The smallest absolute Gasteiger partial charge is 0.270 e. The van der Waals surface area contributed by atoms with E-state index in [-0.39, 0.29) is 11.9 Å². The fourth-order valence-electron chi connectivity index (χ4n) is 4.95. The van der Waals surface area contributed by atoms with Crippen molar-refractivity contribution in [1.29, 1.82) is 0 Å². The Bertz CT molecular complexity index is 1350. The molecular formula is C24H28N8O2. The van der Waals surface area contributed by atoms with Gasteiger partial charge in [-0.05, 0) is 38.9 Å². The minimum atomic E-state index is -0.0940. The van der Waals surface area contributed by atoms with Gasteiger partial charge in [-0.25, -0.2) is 9.97 Å². The van der Waals surface area contributed by atoms with Crippen molar-refractivity contribution in [2.75, 3.05) is 44.3 Å². The van der Waals surface area contributed by atoms with Gasteiger partial charge in [0.25, 0.3) is 5.91 Å². The summed E-state index contributed by atoms with van der Waals surface area (Å²) in [5, 5.41) is 14.8. The molecule has 0 bridgehead atoms. The summed E-state index contributed by atoms with van der Waals surface area (Å²) in [4.78, 5) is 25.5. The second kappa shape index (κ2) is 8.69.